The first kappa shape index (κ1) is 23.4. The van der Waals surface area contributed by atoms with E-state index in [1.807, 2.05) is 81.4 Å². The van der Waals surface area contributed by atoms with Gasteiger partial charge in [-0.3, -0.25) is 4.79 Å². The first-order chi connectivity index (χ1) is 15.6. The molecule has 6 heteroatoms. The van der Waals surface area contributed by atoms with Crippen LogP contribution in [0.15, 0.2) is 71.3 Å². The number of carbonyl (C=O) groups excluding carboxylic acids is 1. The molecule has 32 heavy (non-hydrogen) atoms. The Labute approximate surface area is 190 Å². The van der Waals surface area contributed by atoms with Crippen molar-refractivity contribution in [3.8, 4) is 11.5 Å². The lowest BCUT2D eigenvalue weighted by Gasteiger charge is -2.24. The minimum atomic E-state index is -0.0315. The summed E-state index contributed by atoms with van der Waals surface area (Å²) >= 11 is 0. The first-order valence-electron chi connectivity index (χ1n) is 11.1. The van der Waals surface area contributed by atoms with Crippen molar-refractivity contribution < 1.29 is 18.7 Å². The van der Waals surface area contributed by atoms with Gasteiger partial charge in [0, 0.05) is 12.6 Å². The molecule has 1 amide bonds. The van der Waals surface area contributed by atoms with Crippen molar-refractivity contribution in [1.82, 2.24) is 10.2 Å². The fraction of sp³-hybridized carbons (Fsp3) is 0.346. The van der Waals surface area contributed by atoms with Crippen LogP contribution in [0.3, 0.4) is 0 Å². The maximum atomic E-state index is 13.1. The molecule has 170 valence electrons. The lowest BCUT2D eigenvalue weighted by Crippen LogP contribution is -2.38. The topological polar surface area (TPSA) is 63.9 Å². The normalized spacial score (nSPS) is 11.7. The lowest BCUT2D eigenvalue weighted by atomic mass is 10.1. The average Bonchev–Trinajstić information content (AvgIpc) is 3.32. The molecule has 3 aromatic rings. The molecule has 0 fully saturated rings. The van der Waals surface area contributed by atoms with Gasteiger partial charge < -0.3 is 24.1 Å². The van der Waals surface area contributed by atoms with Crippen LogP contribution in [0.2, 0.25) is 0 Å². The highest BCUT2D eigenvalue weighted by Gasteiger charge is 2.18. The van der Waals surface area contributed by atoms with Crippen LogP contribution in [0, 0.1) is 0 Å². The number of hydrogen-bond acceptors (Lipinski definition) is 5. The van der Waals surface area contributed by atoms with Gasteiger partial charge >= 0.3 is 0 Å². The zero-order valence-electron chi connectivity index (χ0n) is 19.0. The Bertz CT molecular complexity index is 957. The zero-order valence-corrected chi connectivity index (χ0v) is 19.0. The molecule has 1 aromatic heterocycles. The van der Waals surface area contributed by atoms with Crippen molar-refractivity contribution >= 4 is 5.91 Å². The largest absolute Gasteiger partial charge is 0.490 e. The summed E-state index contributed by atoms with van der Waals surface area (Å²) in [7, 11) is 0. The molecule has 3 rings (SSSR count). The molecule has 0 aliphatic rings. The average molecular weight is 437 g/mol. The van der Waals surface area contributed by atoms with E-state index in [4.69, 9.17) is 13.9 Å². The second-order valence-electron chi connectivity index (χ2n) is 7.49. The monoisotopic (exact) mass is 436 g/mol. The minimum absolute atomic E-state index is 0.00747. The van der Waals surface area contributed by atoms with Gasteiger partial charge in [0.2, 0.25) is 5.91 Å². The fourth-order valence-electron chi connectivity index (χ4n) is 3.43. The van der Waals surface area contributed by atoms with Crippen molar-refractivity contribution in [2.24, 2.45) is 0 Å². The number of amides is 1. The molecule has 0 spiro atoms. The summed E-state index contributed by atoms with van der Waals surface area (Å²) in [6, 6.07) is 19.6. The Balaban J connectivity index is 1.66. The van der Waals surface area contributed by atoms with Gasteiger partial charge in [0.05, 0.1) is 32.6 Å². The van der Waals surface area contributed by atoms with Gasteiger partial charge in [-0.15, -0.1) is 0 Å². The van der Waals surface area contributed by atoms with Crippen molar-refractivity contribution in [3.05, 3.63) is 83.8 Å². The molecule has 6 nitrogen and oxygen atoms in total. The second kappa shape index (κ2) is 12.0. The molecule has 1 N–H and O–H groups in total. The third kappa shape index (κ3) is 6.62. The van der Waals surface area contributed by atoms with E-state index in [2.05, 4.69) is 5.32 Å². The SMILES string of the molecule is CCOc1ccc(C(C)NCC(=O)N(Cc2ccccc2)Cc2ccco2)cc1OCC. The number of benzene rings is 2. The maximum Gasteiger partial charge on any atom is 0.237 e. The second-order valence-corrected chi connectivity index (χ2v) is 7.49. The smallest absolute Gasteiger partial charge is 0.237 e. The quantitative estimate of drug-likeness (QED) is 0.435. The van der Waals surface area contributed by atoms with Gasteiger partial charge in [-0.1, -0.05) is 36.4 Å². The van der Waals surface area contributed by atoms with Crippen molar-refractivity contribution in [1.29, 1.82) is 0 Å². The molecule has 0 aliphatic heterocycles. The van der Waals surface area contributed by atoms with Crippen molar-refractivity contribution in [2.45, 2.75) is 39.9 Å². The number of ether oxygens (including phenoxy) is 2. The Hall–Kier alpha value is -3.25. The molecule has 0 saturated carbocycles. The Kier molecular flexibility index (Phi) is 8.75. The molecule has 2 aromatic carbocycles. The molecule has 0 radical (unpaired) electrons. The summed E-state index contributed by atoms with van der Waals surface area (Å²) in [4.78, 5) is 14.9. The summed E-state index contributed by atoms with van der Waals surface area (Å²) in [5, 5.41) is 3.35. The molecule has 0 aliphatic carbocycles. The predicted octanol–water partition coefficient (Wildman–Crippen LogP) is 4.96. The number of rotatable bonds is 12. The van der Waals surface area contributed by atoms with E-state index in [0.29, 0.717) is 26.3 Å². The third-order valence-corrected chi connectivity index (χ3v) is 5.12. The number of nitrogens with zero attached hydrogens (tertiary/aromatic N) is 1. The van der Waals surface area contributed by atoms with Crippen molar-refractivity contribution in [3.63, 3.8) is 0 Å². The van der Waals surface area contributed by atoms with Crippen molar-refractivity contribution in [2.75, 3.05) is 19.8 Å². The highest BCUT2D eigenvalue weighted by molar-refractivity contribution is 5.78. The van der Waals surface area contributed by atoms with E-state index >= 15 is 0 Å². The van der Waals surface area contributed by atoms with Gasteiger partial charge in [0.15, 0.2) is 11.5 Å². The van der Waals surface area contributed by atoms with Gasteiger partial charge in [-0.25, -0.2) is 0 Å². The van der Waals surface area contributed by atoms with Crippen LogP contribution in [0.25, 0.3) is 0 Å². The molecule has 0 bridgehead atoms. The van der Waals surface area contributed by atoms with Gasteiger partial charge in [0.1, 0.15) is 5.76 Å². The molecule has 1 atom stereocenters. The number of hydrogen-bond donors (Lipinski definition) is 1. The standard InChI is InChI=1S/C26H32N2O4/c1-4-30-24-14-13-22(16-25(24)31-5-2)20(3)27-17-26(29)28(19-23-12-9-15-32-23)18-21-10-7-6-8-11-21/h6-16,20,27H,4-5,17-19H2,1-3H3. The van der Waals surface area contributed by atoms with Crippen LogP contribution >= 0.6 is 0 Å². The Morgan fingerprint density at radius 3 is 2.41 bits per heavy atom. The summed E-state index contributed by atoms with van der Waals surface area (Å²) in [6.45, 7) is 8.23. The summed E-state index contributed by atoms with van der Waals surface area (Å²) < 4.78 is 16.9. The molecular weight excluding hydrogens is 404 g/mol. The van der Waals surface area contributed by atoms with Gasteiger partial charge in [-0.05, 0) is 56.2 Å². The first-order valence-corrected chi connectivity index (χ1v) is 11.1. The number of furan rings is 1. The highest BCUT2D eigenvalue weighted by Crippen LogP contribution is 2.30. The van der Waals surface area contributed by atoms with E-state index < -0.39 is 0 Å². The summed E-state index contributed by atoms with van der Waals surface area (Å²) in [5.74, 6) is 2.22. The van der Waals surface area contributed by atoms with E-state index in [-0.39, 0.29) is 18.5 Å². The maximum absolute atomic E-state index is 13.1. The van der Waals surface area contributed by atoms with E-state index in [1.165, 1.54) is 0 Å². The zero-order chi connectivity index (χ0) is 22.8. The van der Waals surface area contributed by atoms with E-state index in [1.54, 1.807) is 11.2 Å². The van der Waals surface area contributed by atoms with Gasteiger partial charge in [-0.2, -0.15) is 0 Å². The molecule has 1 unspecified atom stereocenters. The number of nitrogens with one attached hydrogen (secondary N) is 1. The Morgan fingerprint density at radius 1 is 0.969 bits per heavy atom. The van der Waals surface area contributed by atoms with Crippen LogP contribution in [-0.2, 0) is 17.9 Å². The molecular formula is C26H32N2O4. The summed E-state index contributed by atoms with van der Waals surface area (Å²) in [6.07, 6.45) is 1.63. The van der Waals surface area contributed by atoms with Gasteiger partial charge in [0.25, 0.3) is 0 Å². The van der Waals surface area contributed by atoms with Crippen LogP contribution in [0.4, 0.5) is 0 Å². The Morgan fingerprint density at radius 2 is 1.72 bits per heavy atom. The number of carbonyl (C=O) groups is 1. The van der Waals surface area contributed by atoms with E-state index in [9.17, 15) is 4.79 Å². The van der Waals surface area contributed by atoms with Crippen LogP contribution < -0.4 is 14.8 Å². The molecule has 0 saturated heterocycles. The van der Waals surface area contributed by atoms with Crippen LogP contribution in [-0.4, -0.2) is 30.6 Å². The van der Waals surface area contributed by atoms with Crippen LogP contribution in [0.1, 0.15) is 43.7 Å². The lowest BCUT2D eigenvalue weighted by molar-refractivity contribution is -0.131. The van der Waals surface area contributed by atoms with Crippen LogP contribution in [0.5, 0.6) is 11.5 Å². The third-order valence-electron chi connectivity index (χ3n) is 5.12. The van der Waals surface area contributed by atoms with E-state index in [0.717, 1.165) is 28.4 Å². The predicted molar refractivity (Wildman–Crippen MR) is 125 cm³/mol. The summed E-state index contributed by atoms with van der Waals surface area (Å²) in [5.41, 5.74) is 2.11. The minimum Gasteiger partial charge on any atom is -0.490 e. The highest BCUT2D eigenvalue weighted by atomic mass is 16.5. The fourth-order valence-corrected chi connectivity index (χ4v) is 3.43. The molecule has 1 heterocycles.